The topological polar surface area (TPSA) is 91.3 Å². The van der Waals surface area contributed by atoms with Crippen molar-refractivity contribution in [3.05, 3.63) is 16.1 Å². The number of nitrogens with one attached hydrogen (secondary N) is 2. The molecule has 2 amide bonds. The van der Waals surface area contributed by atoms with Crippen molar-refractivity contribution >= 4 is 35.1 Å². The predicted octanol–water partition coefficient (Wildman–Crippen LogP) is 1.57. The zero-order valence-corrected chi connectivity index (χ0v) is 12.5. The average Bonchev–Trinajstić information content (AvgIpc) is 2.88. The summed E-state index contributed by atoms with van der Waals surface area (Å²) in [5.41, 5.74) is -0.00950. The SMILES string of the molecule is C#CCSCCNC(=O)NC(C)c1nc(C(=O)O)cs1. The Morgan fingerprint density at radius 2 is 2.40 bits per heavy atom. The number of amides is 2. The fourth-order valence-corrected chi connectivity index (χ4v) is 2.57. The van der Waals surface area contributed by atoms with Crippen LogP contribution >= 0.6 is 23.1 Å². The van der Waals surface area contributed by atoms with E-state index >= 15 is 0 Å². The van der Waals surface area contributed by atoms with Gasteiger partial charge in [0.05, 0.1) is 11.8 Å². The van der Waals surface area contributed by atoms with E-state index in [-0.39, 0.29) is 17.8 Å². The Labute approximate surface area is 125 Å². The molecule has 0 aliphatic carbocycles. The van der Waals surface area contributed by atoms with Gasteiger partial charge in [0.15, 0.2) is 5.69 Å². The normalized spacial score (nSPS) is 11.4. The number of carbonyl (C=O) groups is 2. The van der Waals surface area contributed by atoms with Crippen LogP contribution in [0.2, 0.25) is 0 Å². The maximum absolute atomic E-state index is 11.6. The third-order valence-corrected chi connectivity index (χ3v) is 4.07. The summed E-state index contributed by atoms with van der Waals surface area (Å²) >= 11 is 2.77. The van der Waals surface area contributed by atoms with Crippen LogP contribution in [0.5, 0.6) is 0 Å². The summed E-state index contributed by atoms with van der Waals surface area (Å²) in [5.74, 6) is 2.79. The lowest BCUT2D eigenvalue weighted by Crippen LogP contribution is -2.38. The van der Waals surface area contributed by atoms with E-state index in [1.165, 1.54) is 16.7 Å². The molecule has 8 heteroatoms. The molecule has 0 aromatic carbocycles. The van der Waals surface area contributed by atoms with Crippen LogP contribution in [0.1, 0.15) is 28.5 Å². The molecule has 1 aromatic heterocycles. The van der Waals surface area contributed by atoms with Crippen molar-refractivity contribution in [3.63, 3.8) is 0 Å². The van der Waals surface area contributed by atoms with Crippen LogP contribution in [0.4, 0.5) is 4.79 Å². The van der Waals surface area contributed by atoms with Gasteiger partial charge in [0.1, 0.15) is 5.01 Å². The second-order valence-electron chi connectivity index (χ2n) is 3.75. The number of urea groups is 1. The second kappa shape index (κ2) is 8.45. The Balaban J connectivity index is 2.33. The zero-order chi connectivity index (χ0) is 15.0. The van der Waals surface area contributed by atoms with E-state index < -0.39 is 5.97 Å². The number of terminal acetylenes is 1. The number of carboxylic acids is 1. The lowest BCUT2D eigenvalue weighted by Gasteiger charge is -2.12. The van der Waals surface area contributed by atoms with Crippen LogP contribution in [0.3, 0.4) is 0 Å². The van der Waals surface area contributed by atoms with Crippen molar-refractivity contribution < 1.29 is 14.7 Å². The summed E-state index contributed by atoms with van der Waals surface area (Å²) in [7, 11) is 0. The molecule has 3 N–H and O–H groups in total. The number of rotatable bonds is 7. The van der Waals surface area contributed by atoms with Crippen LogP contribution in [-0.2, 0) is 0 Å². The average molecular weight is 313 g/mol. The maximum Gasteiger partial charge on any atom is 0.355 e. The highest BCUT2D eigenvalue weighted by Gasteiger charge is 2.15. The molecule has 0 spiro atoms. The number of hydrogen-bond acceptors (Lipinski definition) is 5. The molecule has 0 saturated carbocycles. The lowest BCUT2D eigenvalue weighted by molar-refractivity contribution is 0.0691. The highest BCUT2D eigenvalue weighted by Crippen LogP contribution is 2.17. The van der Waals surface area contributed by atoms with E-state index in [2.05, 4.69) is 21.5 Å². The van der Waals surface area contributed by atoms with E-state index in [0.717, 1.165) is 5.75 Å². The van der Waals surface area contributed by atoms with Gasteiger partial charge in [0, 0.05) is 17.7 Å². The van der Waals surface area contributed by atoms with Gasteiger partial charge in [-0.25, -0.2) is 14.6 Å². The Bertz CT molecular complexity index is 510. The Morgan fingerprint density at radius 1 is 1.65 bits per heavy atom. The molecule has 0 aliphatic heterocycles. The third kappa shape index (κ3) is 5.50. The molecule has 1 unspecified atom stereocenters. The first-order valence-corrected chi connectivity index (χ1v) is 7.82. The van der Waals surface area contributed by atoms with Gasteiger partial charge in [0.25, 0.3) is 0 Å². The van der Waals surface area contributed by atoms with E-state index in [9.17, 15) is 9.59 Å². The fourth-order valence-electron chi connectivity index (χ4n) is 1.26. The molecule has 1 aromatic rings. The first-order valence-electron chi connectivity index (χ1n) is 5.79. The maximum atomic E-state index is 11.6. The summed E-state index contributed by atoms with van der Waals surface area (Å²) in [5, 5.41) is 16.2. The third-order valence-electron chi connectivity index (χ3n) is 2.18. The van der Waals surface area contributed by atoms with Crippen molar-refractivity contribution in [2.75, 3.05) is 18.1 Å². The lowest BCUT2D eigenvalue weighted by atomic mass is 10.3. The van der Waals surface area contributed by atoms with E-state index in [4.69, 9.17) is 11.5 Å². The van der Waals surface area contributed by atoms with Gasteiger partial charge in [0.2, 0.25) is 0 Å². The predicted molar refractivity (Wildman–Crippen MR) is 80.2 cm³/mol. The van der Waals surface area contributed by atoms with Gasteiger partial charge in [-0.15, -0.1) is 29.5 Å². The number of carbonyl (C=O) groups excluding carboxylic acids is 1. The van der Waals surface area contributed by atoms with Gasteiger partial charge in [-0.2, -0.15) is 0 Å². The standard InChI is InChI=1S/C12H15N3O3S2/c1-3-5-19-6-4-13-12(18)14-8(2)10-15-9(7-20-10)11(16)17/h1,7-8H,4-6H2,2H3,(H,16,17)(H2,13,14,18). The van der Waals surface area contributed by atoms with Gasteiger partial charge in [-0.3, -0.25) is 0 Å². The molecule has 1 heterocycles. The number of aromatic nitrogens is 1. The number of aromatic carboxylic acids is 1. The Morgan fingerprint density at radius 3 is 3.00 bits per heavy atom. The molecular formula is C12H15N3O3S2. The van der Waals surface area contributed by atoms with E-state index in [1.54, 1.807) is 18.7 Å². The summed E-state index contributed by atoms with van der Waals surface area (Å²) in [6.07, 6.45) is 5.11. The largest absolute Gasteiger partial charge is 0.476 e. The van der Waals surface area contributed by atoms with E-state index in [0.29, 0.717) is 17.3 Å². The number of thiazole rings is 1. The summed E-state index contributed by atoms with van der Waals surface area (Å²) in [6, 6.07) is -0.655. The zero-order valence-electron chi connectivity index (χ0n) is 10.9. The smallest absolute Gasteiger partial charge is 0.355 e. The van der Waals surface area contributed by atoms with Crippen molar-refractivity contribution in [1.82, 2.24) is 15.6 Å². The molecule has 0 saturated heterocycles. The van der Waals surface area contributed by atoms with Crippen LogP contribution in [-0.4, -0.2) is 40.1 Å². The molecule has 108 valence electrons. The van der Waals surface area contributed by atoms with Gasteiger partial charge in [-0.1, -0.05) is 5.92 Å². The second-order valence-corrected chi connectivity index (χ2v) is 5.75. The van der Waals surface area contributed by atoms with Gasteiger partial charge in [-0.05, 0) is 6.92 Å². The number of nitrogens with zero attached hydrogens (tertiary/aromatic N) is 1. The fraction of sp³-hybridized carbons (Fsp3) is 0.417. The molecule has 1 rings (SSSR count). The molecule has 20 heavy (non-hydrogen) atoms. The number of hydrogen-bond donors (Lipinski definition) is 3. The first kappa shape index (κ1) is 16.3. The minimum atomic E-state index is -1.07. The van der Waals surface area contributed by atoms with E-state index in [1.807, 2.05) is 0 Å². The van der Waals surface area contributed by atoms with Gasteiger partial charge < -0.3 is 15.7 Å². The summed E-state index contributed by atoms with van der Waals surface area (Å²) in [4.78, 5) is 26.2. The molecule has 0 bridgehead atoms. The molecule has 6 nitrogen and oxygen atoms in total. The summed E-state index contributed by atoms with van der Waals surface area (Å²) < 4.78 is 0. The van der Waals surface area contributed by atoms with Gasteiger partial charge >= 0.3 is 12.0 Å². The highest BCUT2D eigenvalue weighted by atomic mass is 32.2. The van der Waals surface area contributed by atoms with Crippen LogP contribution in [0, 0.1) is 12.3 Å². The molecule has 0 fully saturated rings. The quantitative estimate of drug-likeness (QED) is 0.525. The van der Waals surface area contributed by atoms with Crippen LogP contribution < -0.4 is 10.6 Å². The Kier molecular flexibility index (Phi) is 6.90. The minimum Gasteiger partial charge on any atom is -0.476 e. The first-order chi connectivity index (χ1) is 9.54. The van der Waals surface area contributed by atoms with Crippen molar-refractivity contribution in [1.29, 1.82) is 0 Å². The minimum absolute atomic E-state index is 0.00950. The monoisotopic (exact) mass is 313 g/mol. The summed E-state index contributed by atoms with van der Waals surface area (Å²) in [6.45, 7) is 2.26. The highest BCUT2D eigenvalue weighted by molar-refractivity contribution is 7.99. The van der Waals surface area contributed by atoms with Crippen molar-refractivity contribution in [3.8, 4) is 12.3 Å². The number of thioether (sulfide) groups is 1. The number of carboxylic acid groups (broad SMARTS) is 1. The molecular weight excluding hydrogens is 298 g/mol. The van der Waals surface area contributed by atoms with Crippen molar-refractivity contribution in [2.45, 2.75) is 13.0 Å². The van der Waals surface area contributed by atoms with Crippen LogP contribution in [0.25, 0.3) is 0 Å². The van der Waals surface area contributed by atoms with Crippen LogP contribution in [0.15, 0.2) is 5.38 Å². The molecule has 0 radical (unpaired) electrons. The Hall–Kier alpha value is -1.72. The van der Waals surface area contributed by atoms with Crippen molar-refractivity contribution in [2.24, 2.45) is 0 Å². The molecule has 0 aliphatic rings. The molecule has 1 atom stereocenters.